The lowest BCUT2D eigenvalue weighted by Crippen LogP contribution is -2.13. The highest BCUT2D eigenvalue weighted by atomic mass is 16.5. The van der Waals surface area contributed by atoms with Crippen LogP contribution in [0.4, 0.5) is 5.69 Å². The van der Waals surface area contributed by atoms with Crippen LogP contribution in [-0.2, 0) is 12.8 Å². The molecule has 0 saturated carbocycles. The van der Waals surface area contributed by atoms with Crippen LogP contribution in [0.5, 0.6) is 11.5 Å². The molecule has 1 aromatic heterocycles. The Balaban J connectivity index is 1.66. The fraction of sp³-hybridized carbons (Fsp3) is 0.318. The molecule has 0 bridgehead atoms. The van der Waals surface area contributed by atoms with E-state index in [-0.39, 0.29) is 5.91 Å². The van der Waals surface area contributed by atoms with E-state index in [1.165, 1.54) is 17.7 Å². The van der Waals surface area contributed by atoms with Crippen LogP contribution in [0.15, 0.2) is 36.4 Å². The first-order chi connectivity index (χ1) is 13.1. The highest BCUT2D eigenvalue weighted by Gasteiger charge is 2.21. The molecule has 3 aromatic rings. The second kappa shape index (κ2) is 6.99. The summed E-state index contributed by atoms with van der Waals surface area (Å²) in [6, 6.07) is 11.2. The number of amides is 1. The lowest BCUT2D eigenvalue weighted by atomic mass is 9.87. The molecule has 1 amide bonds. The standard InChI is InChI=1S/C22H24N2O3/c1-13-4-7-18-16(10-13)17-11-14(5-8-19(17)23-18)22(25)24-20-12-15(26-2)6-9-21(20)27-3/h5-6,8-9,11-13,23H,4,7,10H2,1-3H3,(H,24,25)/t13-/m0/s1. The largest absolute Gasteiger partial charge is 0.497 e. The Bertz CT molecular complexity index is 1010. The van der Waals surface area contributed by atoms with Crippen molar-refractivity contribution in [3.05, 3.63) is 53.2 Å². The van der Waals surface area contributed by atoms with Crippen LogP contribution in [-0.4, -0.2) is 25.1 Å². The summed E-state index contributed by atoms with van der Waals surface area (Å²) < 4.78 is 10.6. The highest BCUT2D eigenvalue weighted by Crippen LogP contribution is 2.33. The summed E-state index contributed by atoms with van der Waals surface area (Å²) in [6.07, 6.45) is 3.35. The van der Waals surface area contributed by atoms with E-state index in [2.05, 4.69) is 17.2 Å². The predicted molar refractivity (Wildman–Crippen MR) is 107 cm³/mol. The Morgan fingerprint density at radius 3 is 2.78 bits per heavy atom. The maximum atomic E-state index is 12.9. The molecule has 0 aliphatic heterocycles. The number of hydrogen-bond donors (Lipinski definition) is 2. The summed E-state index contributed by atoms with van der Waals surface area (Å²) in [6.45, 7) is 2.29. The number of aryl methyl sites for hydroxylation is 1. The van der Waals surface area contributed by atoms with Crippen molar-refractivity contribution >= 4 is 22.5 Å². The topological polar surface area (TPSA) is 63.4 Å². The monoisotopic (exact) mass is 364 g/mol. The Morgan fingerprint density at radius 1 is 1.15 bits per heavy atom. The molecule has 0 saturated heterocycles. The summed E-state index contributed by atoms with van der Waals surface area (Å²) in [4.78, 5) is 16.4. The van der Waals surface area contributed by atoms with Gasteiger partial charge in [0.15, 0.2) is 0 Å². The van der Waals surface area contributed by atoms with Crippen molar-refractivity contribution in [1.29, 1.82) is 0 Å². The zero-order valence-corrected chi connectivity index (χ0v) is 15.9. The number of fused-ring (bicyclic) bond motifs is 3. The van der Waals surface area contributed by atoms with Crippen LogP contribution in [0, 0.1) is 5.92 Å². The number of nitrogens with one attached hydrogen (secondary N) is 2. The van der Waals surface area contributed by atoms with Crippen molar-refractivity contribution in [1.82, 2.24) is 4.98 Å². The lowest BCUT2D eigenvalue weighted by molar-refractivity contribution is 0.102. The van der Waals surface area contributed by atoms with Gasteiger partial charge in [-0.2, -0.15) is 0 Å². The summed E-state index contributed by atoms with van der Waals surface area (Å²) in [5, 5.41) is 4.10. The molecule has 0 unspecified atom stereocenters. The van der Waals surface area contributed by atoms with E-state index >= 15 is 0 Å². The van der Waals surface area contributed by atoms with Gasteiger partial charge in [-0.3, -0.25) is 4.79 Å². The number of ether oxygens (including phenoxy) is 2. The maximum Gasteiger partial charge on any atom is 0.255 e. The maximum absolute atomic E-state index is 12.9. The fourth-order valence-corrected chi connectivity index (χ4v) is 3.84. The fourth-order valence-electron chi connectivity index (χ4n) is 3.84. The third kappa shape index (κ3) is 3.25. The molecule has 1 atom stereocenters. The van der Waals surface area contributed by atoms with Crippen LogP contribution >= 0.6 is 0 Å². The molecule has 1 aliphatic carbocycles. The Kier molecular flexibility index (Phi) is 4.52. The van der Waals surface area contributed by atoms with E-state index in [4.69, 9.17) is 9.47 Å². The summed E-state index contributed by atoms with van der Waals surface area (Å²) >= 11 is 0. The minimum absolute atomic E-state index is 0.165. The molecule has 0 radical (unpaired) electrons. The van der Waals surface area contributed by atoms with Crippen LogP contribution in [0.3, 0.4) is 0 Å². The molecular weight excluding hydrogens is 340 g/mol. The number of H-pyrrole nitrogens is 1. The van der Waals surface area contributed by atoms with Gasteiger partial charge in [0.2, 0.25) is 0 Å². The molecule has 1 heterocycles. The second-order valence-corrected chi connectivity index (χ2v) is 7.21. The first kappa shape index (κ1) is 17.5. The molecule has 5 nitrogen and oxygen atoms in total. The smallest absolute Gasteiger partial charge is 0.255 e. The van der Waals surface area contributed by atoms with E-state index < -0.39 is 0 Å². The third-order valence-corrected chi connectivity index (χ3v) is 5.35. The van der Waals surface area contributed by atoms with Gasteiger partial charge in [-0.25, -0.2) is 0 Å². The molecule has 0 fully saturated rings. The first-order valence-electron chi connectivity index (χ1n) is 9.26. The van der Waals surface area contributed by atoms with Crippen molar-refractivity contribution in [2.75, 3.05) is 19.5 Å². The van der Waals surface area contributed by atoms with E-state index in [0.717, 1.165) is 23.7 Å². The van der Waals surface area contributed by atoms with Gasteiger partial charge in [0, 0.05) is 28.2 Å². The third-order valence-electron chi connectivity index (χ3n) is 5.35. The normalized spacial score (nSPS) is 16.0. The van der Waals surface area contributed by atoms with E-state index in [1.54, 1.807) is 32.4 Å². The molecule has 1 aliphatic rings. The van der Waals surface area contributed by atoms with Gasteiger partial charge in [-0.05, 0) is 61.1 Å². The molecule has 2 aromatic carbocycles. The van der Waals surface area contributed by atoms with Gasteiger partial charge in [-0.1, -0.05) is 6.92 Å². The number of anilines is 1. The quantitative estimate of drug-likeness (QED) is 0.713. The Hall–Kier alpha value is -2.95. The Morgan fingerprint density at radius 2 is 2.00 bits per heavy atom. The number of carbonyl (C=O) groups is 1. The molecule has 4 rings (SSSR count). The van der Waals surface area contributed by atoms with Gasteiger partial charge >= 0.3 is 0 Å². The zero-order chi connectivity index (χ0) is 19.0. The van der Waals surface area contributed by atoms with Gasteiger partial charge < -0.3 is 19.8 Å². The number of methoxy groups -OCH3 is 2. The van der Waals surface area contributed by atoms with Crippen molar-refractivity contribution in [3.8, 4) is 11.5 Å². The molecule has 0 spiro atoms. The van der Waals surface area contributed by atoms with Crippen LogP contribution in [0.1, 0.15) is 35.0 Å². The molecule has 140 valence electrons. The number of carbonyl (C=O) groups excluding carboxylic acids is 1. The molecule has 5 heteroatoms. The van der Waals surface area contributed by atoms with Gasteiger partial charge in [-0.15, -0.1) is 0 Å². The average Bonchev–Trinajstić information content (AvgIpc) is 3.05. The number of benzene rings is 2. The number of rotatable bonds is 4. The van der Waals surface area contributed by atoms with Crippen LogP contribution in [0.2, 0.25) is 0 Å². The van der Waals surface area contributed by atoms with Crippen molar-refractivity contribution in [3.63, 3.8) is 0 Å². The van der Waals surface area contributed by atoms with E-state index in [0.29, 0.717) is 28.7 Å². The molecule has 27 heavy (non-hydrogen) atoms. The summed E-state index contributed by atoms with van der Waals surface area (Å²) in [5.74, 6) is 1.77. The van der Waals surface area contributed by atoms with Gasteiger partial charge in [0.05, 0.1) is 19.9 Å². The number of aromatic nitrogens is 1. The van der Waals surface area contributed by atoms with Crippen LogP contribution < -0.4 is 14.8 Å². The first-order valence-corrected chi connectivity index (χ1v) is 9.26. The average molecular weight is 364 g/mol. The van der Waals surface area contributed by atoms with E-state index in [9.17, 15) is 4.79 Å². The lowest BCUT2D eigenvalue weighted by Gasteiger charge is -2.18. The molecule has 2 N–H and O–H groups in total. The summed E-state index contributed by atoms with van der Waals surface area (Å²) in [7, 11) is 3.17. The van der Waals surface area contributed by atoms with Gasteiger partial charge in [0.1, 0.15) is 11.5 Å². The minimum Gasteiger partial charge on any atom is -0.497 e. The second-order valence-electron chi connectivity index (χ2n) is 7.21. The van der Waals surface area contributed by atoms with Crippen molar-refractivity contribution < 1.29 is 14.3 Å². The predicted octanol–water partition coefficient (Wildman–Crippen LogP) is 4.56. The Labute approximate surface area is 158 Å². The number of hydrogen-bond acceptors (Lipinski definition) is 3. The molecular formula is C22H24N2O3. The highest BCUT2D eigenvalue weighted by molar-refractivity contribution is 6.07. The van der Waals surface area contributed by atoms with E-state index in [1.807, 2.05) is 18.2 Å². The van der Waals surface area contributed by atoms with Crippen molar-refractivity contribution in [2.45, 2.75) is 26.2 Å². The van der Waals surface area contributed by atoms with Crippen molar-refractivity contribution in [2.24, 2.45) is 5.92 Å². The van der Waals surface area contributed by atoms with Crippen LogP contribution in [0.25, 0.3) is 10.9 Å². The SMILES string of the molecule is COc1ccc(OC)c(NC(=O)c2ccc3[nH]c4c(c3c2)C[C@@H](C)CC4)c1. The zero-order valence-electron chi connectivity index (χ0n) is 15.9. The minimum atomic E-state index is -0.165. The van der Waals surface area contributed by atoms with Gasteiger partial charge in [0.25, 0.3) is 5.91 Å². The number of aromatic amines is 1. The summed E-state index contributed by atoms with van der Waals surface area (Å²) in [5.41, 5.74) is 5.00.